The van der Waals surface area contributed by atoms with Crippen LogP contribution in [-0.4, -0.2) is 48.1 Å². The van der Waals surface area contributed by atoms with Crippen LogP contribution in [0.2, 0.25) is 0 Å². The lowest BCUT2D eigenvalue weighted by Gasteiger charge is -2.26. The summed E-state index contributed by atoms with van der Waals surface area (Å²) in [6, 6.07) is 6.08. The first-order valence-electron chi connectivity index (χ1n) is 11.0. The summed E-state index contributed by atoms with van der Waals surface area (Å²) in [5.74, 6) is -4.54. The third-order valence-corrected chi connectivity index (χ3v) is 6.19. The summed E-state index contributed by atoms with van der Waals surface area (Å²) >= 11 is -2.85. The SMILES string of the molecule is CCCN(c1ccc(F)c(C(=O)c2c[nH]c3ncc(-c4ccc(C(=O)OC(N)=O)nc4)cc23)c1F)S(=O)[O-]. The number of carbonyl (C=O) groups is 3. The molecule has 0 aliphatic rings. The molecule has 0 aliphatic heterocycles. The number of ketones is 1. The summed E-state index contributed by atoms with van der Waals surface area (Å²) in [7, 11) is 0. The zero-order valence-electron chi connectivity index (χ0n) is 19.6. The summed E-state index contributed by atoms with van der Waals surface area (Å²) in [5, 5.41) is 0.228. The largest absolute Gasteiger partial charge is 0.755 e. The van der Waals surface area contributed by atoms with E-state index in [9.17, 15) is 27.5 Å². The van der Waals surface area contributed by atoms with E-state index < -0.39 is 52.0 Å². The molecule has 1 atom stereocenters. The van der Waals surface area contributed by atoms with E-state index >= 15 is 4.39 Å². The van der Waals surface area contributed by atoms with E-state index in [0.29, 0.717) is 21.9 Å². The highest BCUT2D eigenvalue weighted by Gasteiger charge is 2.26. The third kappa shape index (κ3) is 5.12. The van der Waals surface area contributed by atoms with Gasteiger partial charge in [-0.25, -0.2) is 28.3 Å². The van der Waals surface area contributed by atoms with Crippen molar-refractivity contribution < 1.29 is 36.7 Å². The van der Waals surface area contributed by atoms with Gasteiger partial charge in [0.2, 0.25) is 5.78 Å². The van der Waals surface area contributed by atoms with Gasteiger partial charge in [0.05, 0.1) is 11.3 Å². The molecule has 0 spiro atoms. The number of nitrogens with one attached hydrogen (secondary N) is 1. The van der Waals surface area contributed by atoms with E-state index in [0.717, 1.165) is 12.1 Å². The predicted molar refractivity (Wildman–Crippen MR) is 131 cm³/mol. The molecule has 1 unspecified atom stereocenters. The van der Waals surface area contributed by atoms with E-state index in [1.165, 1.54) is 36.8 Å². The van der Waals surface area contributed by atoms with E-state index in [2.05, 4.69) is 19.7 Å². The summed E-state index contributed by atoms with van der Waals surface area (Å²) in [6.45, 7) is 1.61. The van der Waals surface area contributed by atoms with Gasteiger partial charge in [0.25, 0.3) is 0 Å². The highest BCUT2D eigenvalue weighted by atomic mass is 32.2. The lowest BCUT2D eigenvalue weighted by Crippen LogP contribution is -2.28. The number of nitrogens with zero attached hydrogens (tertiary/aromatic N) is 3. The first-order valence-corrected chi connectivity index (χ1v) is 12.0. The molecule has 14 heteroatoms. The van der Waals surface area contributed by atoms with Crippen LogP contribution in [0.5, 0.6) is 0 Å². The molecule has 0 aliphatic carbocycles. The van der Waals surface area contributed by atoms with Crippen LogP contribution in [-0.2, 0) is 16.0 Å². The number of pyridine rings is 2. The third-order valence-electron chi connectivity index (χ3n) is 5.45. The highest BCUT2D eigenvalue weighted by Crippen LogP contribution is 2.31. The Hall–Kier alpha value is -4.56. The molecular formula is C24H18F2N5O6S-. The van der Waals surface area contributed by atoms with Crippen molar-refractivity contribution in [2.75, 3.05) is 10.8 Å². The number of ether oxygens (including phenoxy) is 1. The number of halogens is 2. The Morgan fingerprint density at radius 3 is 2.50 bits per heavy atom. The number of fused-ring (bicyclic) bond motifs is 1. The van der Waals surface area contributed by atoms with Gasteiger partial charge in [-0.05, 0) is 30.7 Å². The second-order valence-corrected chi connectivity index (χ2v) is 8.74. The maximum atomic E-state index is 15.4. The van der Waals surface area contributed by atoms with Crippen LogP contribution in [0, 0.1) is 11.6 Å². The standard InChI is InChI=1S/C24H19F2N5O6S/c1-2-7-31(38(35)36)18-6-4-16(25)19(20(18)26)21(32)15-11-30-22-14(15)8-13(10-29-22)12-3-5-17(28-9-12)23(33)37-24(27)34/h3-6,8-11H,2,7H2,1H3,(H2,27,34)(H,29,30)(H,35,36)/p-1. The second kappa shape index (κ2) is 10.8. The van der Waals surface area contributed by atoms with Crippen LogP contribution >= 0.6 is 0 Å². The van der Waals surface area contributed by atoms with Crippen LogP contribution in [0.1, 0.15) is 39.8 Å². The molecule has 196 valence electrons. The van der Waals surface area contributed by atoms with Gasteiger partial charge in [-0.3, -0.25) is 13.3 Å². The van der Waals surface area contributed by atoms with Gasteiger partial charge >= 0.3 is 12.1 Å². The molecule has 11 nitrogen and oxygen atoms in total. The molecule has 3 aromatic heterocycles. The Labute approximate surface area is 216 Å². The van der Waals surface area contributed by atoms with Crippen LogP contribution in [0.25, 0.3) is 22.2 Å². The van der Waals surface area contributed by atoms with Gasteiger partial charge in [0, 0.05) is 58.5 Å². The number of aromatic nitrogens is 3. The zero-order valence-corrected chi connectivity index (χ0v) is 20.4. The first kappa shape index (κ1) is 26.5. The molecule has 4 aromatic rings. The molecule has 0 fully saturated rings. The first-order chi connectivity index (χ1) is 18.1. The van der Waals surface area contributed by atoms with Gasteiger partial charge in [0.15, 0.2) is 5.82 Å². The van der Waals surface area contributed by atoms with Gasteiger partial charge < -0.3 is 20.0 Å². The number of H-pyrrole nitrogens is 1. The predicted octanol–water partition coefficient (Wildman–Crippen LogP) is 3.38. The lowest BCUT2D eigenvalue weighted by molar-refractivity contribution is 0.0631. The number of hydrogen-bond acceptors (Lipinski definition) is 8. The fraction of sp³-hybridized carbons (Fsp3) is 0.125. The lowest BCUT2D eigenvalue weighted by atomic mass is 10.00. The maximum Gasteiger partial charge on any atom is 0.412 e. The molecule has 3 N–H and O–H groups in total. The average Bonchev–Trinajstić information content (AvgIpc) is 3.30. The molecule has 38 heavy (non-hydrogen) atoms. The van der Waals surface area contributed by atoms with Crippen LogP contribution < -0.4 is 10.0 Å². The van der Waals surface area contributed by atoms with Gasteiger partial charge in [-0.1, -0.05) is 13.0 Å². The van der Waals surface area contributed by atoms with Crippen molar-refractivity contribution in [2.45, 2.75) is 13.3 Å². The van der Waals surface area contributed by atoms with Crippen LogP contribution in [0.15, 0.2) is 48.9 Å². The number of nitrogens with two attached hydrogens (primary N) is 1. The van der Waals surface area contributed by atoms with Crippen LogP contribution in [0.4, 0.5) is 19.3 Å². The molecule has 0 saturated carbocycles. The minimum absolute atomic E-state index is 0.0697. The van der Waals surface area contributed by atoms with Crippen molar-refractivity contribution in [3.63, 3.8) is 0 Å². The number of hydrogen-bond donors (Lipinski definition) is 2. The van der Waals surface area contributed by atoms with Crippen molar-refractivity contribution in [3.8, 4) is 11.1 Å². The maximum absolute atomic E-state index is 15.4. The minimum Gasteiger partial charge on any atom is -0.755 e. The Bertz CT molecular complexity index is 1590. The van der Waals surface area contributed by atoms with Crippen molar-refractivity contribution in [1.29, 1.82) is 0 Å². The van der Waals surface area contributed by atoms with Gasteiger partial charge in [-0.15, -0.1) is 0 Å². The Morgan fingerprint density at radius 1 is 1.13 bits per heavy atom. The molecular weight excluding hydrogens is 524 g/mol. The topological polar surface area (TPSA) is 171 Å². The van der Waals surface area contributed by atoms with Crippen molar-refractivity contribution in [1.82, 2.24) is 15.0 Å². The fourth-order valence-corrected chi connectivity index (χ4v) is 4.37. The molecule has 1 aromatic carbocycles. The van der Waals surface area contributed by atoms with Crippen molar-refractivity contribution >= 4 is 45.8 Å². The number of primary amides is 1. The van der Waals surface area contributed by atoms with Gasteiger partial charge in [0.1, 0.15) is 17.2 Å². The monoisotopic (exact) mass is 542 g/mol. The van der Waals surface area contributed by atoms with Crippen molar-refractivity contribution in [3.05, 3.63) is 77.4 Å². The van der Waals surface area contributed by atoms with E-state index in [1.807, 2.05) is 0 Å². The molecule has 0 bridgehead atoms. The molecule has 3 heterocycles. The van der Waals surface area contributed by atoms with Gasteiger partial charge in [-0.2, -0.15) is 0 Å². The minimum atomic E-state index is -2.85. The molecule has 4 rings (SSSR count). The van der Waals surface area contributed by atoms with Crippen LogP contribution in [0.3, 0.4) is 0 Å². The number of amides is 1. The summed E-state index contributed by atoms with van der Waals surface area (Å²) in [6.07, 6.45) is 3.06. The Morgan fingerprint density at radius 2 is 1.87 bits per heavy atom. The fourth-order valence-electron chi connectivity index (χ4n) is 3.73. The number of benzene rings is 1. The quantitative estimate of drug-likeness (QED) is 0.148. The zero-order chi connectivity index (χ0) is 27.6. The highest BCUT2D eigenvalue weighted by molar-refractivity contribution is 7.80. The summed E-state index contributed by atoms with van der Waals surface area (Å²) in [4.78, 5) is 46.7. The van der Waals surface area contributed by atoms with E-state index in [4.69, 9.17) is 5.73 Å². The number of anilines is 1. The smallest absolute Gasteiger partial charge is 0.412 e. The molecule has 0 saturated heterocycles. The summed E-state index contributed by atoms with van der Waals surface area (Å²) < 4.78 is 58.3. The Balaban J connectivity index is 1.73. The number of carbonyl (C=O) groups excluding carboxylic acids is 3. The number of rotatable bonds is 8. The van der Waals surface area contributed by atoms with Crippen molar-refractivity contribution in [2.24, 2.45) is 5.73 Å². The van der Waals surface area contributed by atoms with E-state index in [1.54, 1.807) is 6.92 Å². The second-order valence-electron chi connectivity index (χ2n) is 7.87. The number of aromatic amines is 1. The number of esters is 1. The summed E-state index contributed by atoms with van der Waals surface area (Å²) in [5.41, 5.74) is 4.31. The molecule has 1 amide bonds. The Kier molecular flexibility index (Phi) is 7.55. The normalized spacial score (nSPS) is 11.8. The average molecular weight is 543 g/mol. The van der Waals surface area contributed by atoms with E-state index in [-0.39, 0.29) is 28.8 Å². The molecule has 0 radical (unpaired) electrons.